The van der Waals surface area contributed by atoms with Crippen LogP contribution < -0.4 is 5.63 Å². The molecular weight excluding hydrogens is 352 g/mol. The fourth-order valence-electron chi connectivity index (χ4n) is 2.76. The molecule has 2 aromatic carbocycles. The van der Waals surface area contributed by atoms with Crippen molar-refractivity contribution >= 4 is 28.9 Å². The van der Waals surface area contributed by atoms with Crippen molar-refractivity contribution in [2.24, 2.45) is 0 Å². The summed E-state index contributed by atoms with van der Waals surface area (Å²) >= 11 is 0. The Morgan fingerprint density at radius 3 is 2.30 bits per heavy atom. The number of carbonyl (C=O) groups excluding carboxylic acids is 3. The molecule has 2 amide bonds. The lowest BCUT2D eigenvalue weighted by atomic mass is 10.1. The van der Waals surface area contributed by atoms with Gasteiger partial charge in [-0.05, 0) is 24.3 Å². The summed E-state index contributed by atoms with van der Waals surface area (Å²) in [5.74, 6) is -2.24. The number of hydrogen-bond acceptors (Lipinski definition) is 7. The molecule has 0 aliphatic carbocycles. The van der Waals surface area contributed by atoms with Crippen LogP contribution in [0.1, 0.15) is 32.8 Å². The van der Waals surface area contributed by atoms with Gasteiger partial charge in [-0.15, -0.1) is 0 Å². The van der Waals surface area contributed by atoms with Gasteiger partial charge in [-0.2, -0.15) is 0 Å². The lowest BCUT2D eigenvalue weighted by Gasteiger charge is -2.12. The Kier molecular flexibility index (Phi) is 4.00. The van der Waals surface area contributed by atoms with Crippen LogP contribution in [0.4, 0.5) is 0 Å². The van der Waals surface area contributed by atoms with Crippen molar-refractivity contribution in [2.75, 3.05) is 0 Å². The van der Waals surface area contributed by atoms with Crippen LogP contribution in [0.15, 0.2) is 57.7 Å². The van der Waals surface area contributed by atoms with Gasteiger partial charge in [0.05, 0.1) is 17.5 Å². The fraction of sp³-hybridized carbons (Fsp3) is 0.105. The number of aryl methyl sites for hydroxylation is 1. The van der Waals surface area contributed by atoms with Crippen LogP contribution in [0.25, 0.3) is 11.1 Å². The second-order valence-electron chi connectivity index (χ2n) is 5.83. The summed E-state index contributed by atoms with van der Waals surface area (Å²) in [6.45, 7) is 0. The SMILES string of the molecule is O=C(CCc1nc2ccccc2oc1=O)ON1C(=O)c2ccccc2C1=O. The Hall–Kier alpha value is -3.81. The van der Waals surface area contributed by atoms with E-state index >= 15 is 0 Å². The van der Waals surface area contributed by atoms with E-state index in [1.54, 1.807) is 36.4 Å². The highest BCUT2D eigenvalue weighted by Gasteiger charge is 2.38. The van der Waals surface area contributed by atoms with Gasteiger partial charge in [0, 0.05) is 6.42 Å². The largest absolute Gasteiger partial charge is 0.420 e. The first-order valence-corrected chi connectivity index (χ1v) is 8.12. The molecule has 4 rings (SSSR count). The number of imide groups is 1. The van der Waals surface area contributed by atoms with Crippen LogP contribution in [-0.2, 0) is 16.1 Å². The van der Waals surface area contributed by atoms with E-state index in [0.29, 0.717) is 16.2 Å². The number of fused-ring (bicyclic) bond motifs is 2. The highest BCUT2D eigenvalue weighted by molar-refractivity contribution is 6.20. The average Bonchev–Trinajstić information content (AvgIpc) is 2.91. The minimum absolute atomic E-state index is 0.0465. The van der Waals surface area contributed by atoms with E-state index in [1.165, 1.54) is 12.1 Å². The van der Waals surface area contributed by atoms with Crippen molar-refractivity contribution in [3.63, 3.8) is 0 Å². The third-order valence-electron chi connectivity index (χ3n) is 4.07. The smallest absolute Gasteiger partial charge is 0.358 e. The molecule has 0 unspecified atom stereocenters. The van der Waals surface area contributed by atoms with Crippen molar-refractivity contribution in [3.05, 3.63) is 75.8 Å². The predicted molar refractivity (Wildman–Crippen MR) is 91.6 cm³/mol. The number of benzene rings is 2. The first kappa shape index (κ1) is 16.6. The summed E-state index contributed by atoms with van der Waals surface area (Å²) in [7, 11) is 0. The molecule has 1 aliphatic rings. The van der Waals surface area contributed by atoms with Crippen LogP contribution in [0, 0.1) is 0 Å². The Morgan fingerprint density at radius 2 is 1.59 bits per heavy atom. The van der Waals surface area contributed by atoms with Crippen molar-refractivity contribution < 1.29 is 23.6 Å². The van der Waals surface area contributed by atoms with Crippen molar-refractivity contribution in [1.82, 2.24) is 10.0 Å². The zero-order valence-corrected chi connectivity index (χ0v) is 13.9. The van der Waals surface area contributed by atoms with E-state index in [-0.39, 0.29) is 29.7 Å². The second kappa shape index (κ2) is 6.49. The molecule has 134 valence electrons. The van der Waals surface area contributed by atoms with Crippen molar-refractivity contribution in [1.29, 1.82) is 0 Å². The van der Waals surface area contributed by atoms with Crippen LogP contribution in [0.5, 0.6) is 0 Å². The summed E-state index contributed by atoms with van der Waals surface area (Å²) in [5, 5.41) is 0.434. The topological polar surface area (TPSA) is 107 Å². The van der Waals surface area contributed by atoms with Crippen molar-refractivity contribution in [2.45, 2.75) is 12.8 Å². The molecular formula is C19H12N2O6. The summed E-state index contributed by atoms with van der Waals surface area (Å²) in [5.41, 5.74) is 0.593. The second-order valence-corrected chi connectivity index (χ2v) is 5.83. The number of nitrogens with zero attached hydrogens (tertiary/aromatic N) is 2. The first-order valence-electron chi connectivity index (χ1n) is 8.12. The van der Waals surface area contributed by atoms with Gasteiger partial charge in [-0.1, -0.05) is 29.3 Å². The minimum Gasteiger partial charge on any atom is -0.420 e. The maximum absolute atomic E-state index is 12.2. The van der Waals surface area contributed by atoms with Gasteiger partial charge in [0.2, 0.25) is 0 Å². The summed E-state index contributed by atoms with van der Waals surface area (Å²) in [4.78, 5) is 57.4. The highest BCUT2D eigenvalue weighted by Crippen LogP contribution is 2.23. The Labute approximate surface area is 151 Å². The van der Waals surface area contributed by atoms with Gasteiger partial charge in [0.15, 0.2) is 5.58 Å². The highest BCUT2D eigenvalue weighted by atomic mass is 16.7. The first-order chi connectivity index (χ1) is 13.0. The molecule has 0 N–H and O–H groups in total. The van der Waals surface area contributed by atoms with E-state index in [1.807, 2.05) is 0 Å². The maximum Gasteiger partial charge on any atom is 0.358 e. The summed E-state index contributed by atoms with van der Waals surface area (Å²) in [6, 6.07) is 12.9. The molecule has 8 heteroatoms. The molecule has 0 atom stereocenters. The van der Waals surface area contributed by atoms with Crippen LogP contribution in [-0.4, -0.2) is 27.8 Å². The van der Waals surface area contributed by atoms with E-state index in [0.717, 1.165) is 0 Å². The number of carbonyl (C=O) groups is 3. The fourth-order valence-corrected chi connectivity index (χ4v) is 2.76. The molecule has 0 spiro atoms. The molecule has 3 aromatic rings. The number of rotatable bonds is 4. The molecule has 2 heterocycles. The Balaban J connectivity index is 1.45. The summed E-state index contributed by atoms with van der Waals surface area (Å²) < 4.78 is 5.15. The molecule has 0 bridgehead atoms. The van der Waals surface area contributed by atoms with E-state index in [4.69, 9.17) is 9.25 Å². The zero-order valence-electron chi connectivity index (χ0n) is 13.9. The number of para-hydroxylation sites is 2. The molecule has 27 heavy (non-hydrogen) atoms. The average molecular weight is 364 g/mol. The number of aromatic nitrogens is 1. The van der Waals surface area contributed by atoms with Gasteiger partial charge in [0.25, 0.3) is 11.8 Å². The predicted octanol–water partition coefficient (Wildman–Crippen LogP) is 1.88. The van der Waals surface area contributed by atoms with Crippen LogP contribution >= 0.6 is 0 Å². The normalized spacial score (nSPS) is 13.1. The van der Waals surface area contributed by atoms with Gasteiger partial charge < -0.3 is 9.25 Å². The lowest BCUT2D eigenvalue weighted by Crippen LogP contribution is -2.32. The quantitative estimate of drug-likeness (QED) is 0.651. The lowest BCUT2D eigenvalue weighted by molar-refractivity contribution is -0.168. The van der Waals surface area contributed by atoms with E-state index in [9.17, 15) is 19.2 Å². The van der Waals surface area contributed by atoms with Gasteiger partial charge >= 0.3 is 11.6 Å². The van der Waals surface area contributed by atoms with Gasteiger partial charge in [-0.25, -0.2) is 14.6 Å². The zero-order chi connectivity index (χ0) is 19.0. The monoisotopic (exact) mass is 364 g/mol. The minimum atomic E-state index is -0.834. The van der Waals surface area contributed by atoms with Gasteiger partial charge in [-0.3, -0.25) is 9.59 Å². The third kappa shape index (κ3) is 2.97. The standard InChI is InChI=1S/C19H12N2O6/c22-16(27-21-17(23)11-5-1-2-6-12(11)18(21)24)10-9-14-19(25)26-15-8-4-3-7-13(15)20-14/h1-8H,9-10H2. The Bertz CT molecular complexity index is 1120. The van der Waals surface area contributed by atoms with Crippen molar-refractivity contribution in [3.8, 4) is 0 Å². The van der Waals surface area contributed by atoms with Gasteiger partial charge in [0.1, 0.15) is 11.2 Å². The van der Waals surface area contributed by atoms with E-state index in [2.05, 4.69) is 4.98 Å². The molecule has 1 aliphatic heterocycles. The molecule has 8 nitrogen and oxygen atoms in total. The number of hydroxylamine groups is 2. The molecule has 0 saturated carbocycles. The van der Waals surface area contributed by atoms with E-state index < -0.39 is 23.4 Å². The molecule has 0 fully saturated rings. The van der Waals surface area contributed by atoms with Crippen LogP contribution in [0.2, 0.25) is 0 Å². The summed E-state index contributed by atoms with van der Waals surface area (Å²) in [6.07, 6.45) is -0.293. The van der Waals surface area contributed by atoms with Crippen LogP contribution in [0.3, 0.4) is 0 Å². The Morgan fingerprint density at radius 1 is 0.963 bits per heavy atom. The number of amides is 2. The molecule has 1 aromatic heterocycles. The number of hydrogen-bond donors (Lipinski definition) is 0. The maximum atomic E-state index is 12.2. The molecule has 0 saturated heterocycles. The molecule has 0 radical (unpaired) electrons. The third-order valence-corrected chi connectivity index (χ3v) is 4.07.